The van der Waals surface area contributed by atoms with E-state index in [1.54, 1.807) is 14.2 Å². The average Bonchev–Trinajstić information content (AvgIpc) is 2.82. The van der Waals surface area contributed by atoms with E-state index in [4.69, 9.17) is 9.47 Å². The van der Waals surface area contributed by atoms with Crippen LogP contribution in [0.15, 0.2) is 48.5 Å². The minimum atomic E-state index is -0.584. The Labute approximate surface area is 184 Å². The van der Waals surface area contributed by atoms with Gasteiger partial charge >= 0.3 is 0 Å². The van der Waals surface area contributed by atoms with Crippen molar-refractivity contribution in [3.05, 3.63) is 59.7 Å². The van der Waals surface area contributed by atoms with Gasteiger partial charge < -0.3 is 19.3 Å². The van der Waals surface area contributed by atoms with Gasteiger partial charge in [0.15, 0.2) is 0 Å². The first-order valence-electron chi connectivity index (χ1n) is 10.7. The van der Waals surface area contributed by atoms with Gasteiger partial charge in [-0.1, -0.05) is 30.3 Å². The maximum absolute atomic E-state index is 13.1. The molecule has 1 aliphatic rings. The minimum absolute atomic E-state index is 0.106. The lowest BCUT2D eigenvalue weighted by molar-refractivity contribution is -0.142. The van der Waals surface area contributed by atoms with E-state index in [9.17, 15) is 9.59 Å². The first-order valence-corrected chi connectivity index (χ1v) is 10.7. The molecule has 1 heterocycles. The highest BCUT2D eigenvalue weighted by Crippen LogP contribution is 2.26. The fourth-order valence-electron chi connectivity index (χ4n) is 3.95. The third kappa shape index (κ3) is 5.37. The van der Waals surface area contributed by atoms with Crippen LogP contribution in [0.5, 0.6) is 11.5 Å². The number of ether oxygens (including phenoxy) is 2. The van der Waals surface area contributed by atoms with E-state index < -0.39 is 5.41 Å². The Morgan fingerprint density at radius 3 is 1.97 bits per heavy atom. The fraction of sp³-hybridized carbons (Fsp3) is 0.440. The standard InChI is InChI=1S/C25H32N2O4/c1-25(2,20-8-6-5-7-9-20)24(29)27-14-12-26(13-15-27)23(28)11-10-19-16-21(30-3)18-22(17-19)31-4/h5-9,16-18H,10-15H2,1-4H3. The number of carbonyl (C=O) groups is 2. The van der Waals surface area contributed by atoms with Crippen LogP contribution in [0.2, 0.25) is 0 Å². The van der Waals surface area contributed by atoms with Crippen LogP contribution < -0.4 is 9.47 Å². The van der Waals surface area contributed by atoms with Crippen LogP contribution in [0, 0.1) is 0 Å². The summed E-state index contributed by atoms with van der Waals surface area (Å²) in [7, 11) is 3.23. The highest BCUT2D eigenvalue weighted by molar-refractivity contribution is 5.87. The largest absolute Gasteiger partial charge is 0.497 e. The van der Waals surface area contributed by atoms with Crippen molar-refractivity contribution < 1.29 is 19.1 Å². The summed E-state index contributed by atoms with van der Waals surface area (Å²) in [5.74, 6) is 1.65. The third-order valence-electron chi connectivity index (χ3n) is 5.99. The molecule has 3 rings (SSSR count). The van der Waals surface area contributed by atoms with E-state index >= 15 is 0 Å². The van der Waals surface area contributed by atoms with Crippen molar-refractivity contribution in [1.29, 1.82) is 0 Å². The highest BCUT2D eigenvalue weighted by Gasteiger charge is 2.35. The smallest absolute Gasteiger partial charge is 0.232 e. The number of hydrogen-bond acceptors (Lipinski definition) is 4. The number of amides is 2. The molecule has 0 unspecified atom stereocenters. The van der Waals surface area contributed by atoms with Crippen LogP contribution in [0.1, 0.15) is 31.4 Å². The normalized spacial score (nSPS) is 14.3. The zero-order chi connectivity index (χ0) is 22.4. The second-order valence-corrected chi connectivity index (χ2v) is 8.38. The molecule has 1 fully saturated rings. The van der Waals surface area contributed by atoms with Crippen LogP contribution in [-0.2, 0) is 21.4 Å². The molecular weight excluding hydrogens is 392 g/mol. The van der Waals surface area contributed by atoms with Gasteiger partial charge in [-0.15, -0.1) is 0 Å². The van der Waals surface area contributed by atoms with Gasteiger partial charge in [-0.25, -0.2) is 0 Å². The number of aryl methyl sites for hydroxylation is 1. The van der Waals surface area contributed by atoms with Gasteiger partial charge in [-0.05, 0) is 43.5 Å². The molecule has 2 aromatic rings. The zero-order valence-electron chi connectivity index (χ0n) is 18.9. The van der Waals surface area contributed by atoms with Crippen LogP contribution in [0.4, 0.5) is 0 Å². The van der Waals surface area contributed by atoms with Crippen molar-refractivity contribution >= 4 is 11.8 Å². The lowest BCUT2D eigenvalue weighted by Crippen LogP contribution is -2.54. The summed E-state index contributed by atoms with van der Waals surface area (Å²) in [6, 6.07) is 15.5. The lowest BCUT2D eigenvalue weighted by Gasteiger charge is -2.39. The van der Waals surface area contributed by atoms with Crippen LogP contribution in [-0.4, -0.2) is 62.0 Å². The number of nitrogens with zero attached hydrogens (tertiary/aromatic N) is 2. The Morgan fingerprint density at radius 2 is 1.42 bits per heavy atom. The molecule has 0 bridgehead atoms. The van der Waals surface area contributed by atoms with E-state index in [1.807, 2.05) is 72.2 Å². The minimum Gasteiger partial charge on any atom is -0.497 e. The Hall–Kier alpha value is -3.02. The molecule has 0 saturated carbocycles. The van der Waals surface area contributed by atoms with Crippen molar-refractivity contribution in [1.82, 2.24) is 9.80 Å². The highest BCUT2D eigenvalue weighted by atomic mass is 16.5. The molecule has 0 spiro atoms. The SMILES string of the molecule is COc1cc(CCC(=O)N2CCN(C(=O)C(C)(C)c3ccccc3)CC2)cc(OC)c1. The van der Waals surface area contributed by atoms with Gasteiger partial charge in [0.25, 0.3) is 0 Å². The van der Waals surface area contributed by atoms with Crippen LogP contribution in [0.25, 0.3) is 0 Å². The molecule has 2 aromatic carbocycles. The maximum Gasteiger partial charge on any atom is 0.232 e. The first-order chi connectivity index (χ1) is 14.8. The molecule has 0 N–H and O–H groups in total. The van der Waals surface area contributed by atoms with Gasteiger partial charge in [0.2, 0.25) is 11.8 Å². The molecule has 1 saturated heterocycles. The second kappa shape index (κ2) is 9.86. The Morgan fingerprint density at radius 1 is 0.871 bits per heavy atom. The predicted molar refractivity (Wildman–Crippen MR) is 120 cm³/mol. The van der Waals surface area contributed by atoms with Crippen molar-refractivity contribution in [3.8, 4) is 11.5 Å². The quantitative estimate of drug-likeness (QED) is 0.684. The van der Waals surface area contributed by atoms with E-state index in [0.717, 1.165) is 22.6 Å². The zero-order valence-corrected chi connectivity index (χ0v) is 18.9. The summed E-state index contributed by atoms with van der Waals surface area (Å²) in [6.07, 6.45) is 1.03. The Bertz CT molecular complexity index is 881. The average molecular weight is 425 g/mol. The summed E-state index contributed by atoms with van der Waals surface area (Å²) >= 11 is 0. The fourth-order valence-corrected chi connectivity index (χ4v) is 3.95. The summed E-state index contributed by atoms with van der Waals surface area (Å²) in [6.45, 7) is 6.19. The summed E-state index contributed by atoms with van der Waals surface area (Å²) in [5.41, 5.74) is 1.42. The van der Waals surface area contributed by atoms with Crippen molar-refractivity contribution in [2.45, 2.75) is 32.1 Å². The third-order valence-corrected chi connectivity index (χ3v) is 5.99. The number of hydrogen-bond donors (Lipinski definition) is 0. The molecular formula is C25H32N2O4. The van der Waals surface area contributed by atoms with Gasteiger partial charge in [0.1, 0.15) is 11.5 Å². The molecule has 0 atom stereocenters. The molecule has 166 valence electrons. The van der Waals surface area contributed by atoms with E-state index in [0.29, 0.717) is 39.0 Å². The molecule has 6 heteroatoms. The van der Waals surface area contributed by atoms with Gasteiger partial charge in [0.05, 0.1) is 19.6 Å². The predicted octanol–water partition coefficient (Wildman–Crippen LogP) is 3.29. The molecule has 2 amide bonds. The number of benzene rings is 2. The van der Waals surface area contributed by atoms with Crippen LogP contribution in [0.3, 0.4) is 0 Å². The Kier molecular flexibility index (Phi) is 7.21. The van der Waals surface area contributed by atoms with Gasteiger partial charge in [-0.2, -0.15) is 0 Å². The molecule has 0 radical (unpaired) electrons. The molecule has 1 aliphatic heterocycles. The number of carbonyl (C=O) groups excluding carboxylic acids is 2. The number of rotatable bonds is 7. The topological polar surface area (TPSA) is 59.1 Å². The molecule has 0 aliphatic carbocycles. The summed E-state index contributed by atoms with van der Waals surface area (Å²) in [4.78, 5) is 29.6. The Balaban J connectivity index is 1.54. The van der Waals surface area contributed by atoms with Crippen molar-refractivity contribution in [2.24, 2.45) is 0 Å². The number of methoxy groups -OCH3 is 2. The monoisotopic (exact) mass is 424 g/mol. The lowest BCUT2D eigenvalue weighted by atomic mass is 9.83. The molecule has 31 heavy (non-hydrogen) atoms. The number of piperazine rings is 1. The van der Waals surface area contributed by atoms with Gasteiger partial charge in [0, 0.05) is 38.7 Å². The summed E-state index contributed by atoms with van der Waals surface area (Å²) < 4.78 is 10.6. The van der Waals surface area contributed by atoms with E-state index in [1.165, 1.54) is 0 Å². The van der Waals surface area contributed by atoms with E-state index in [2.05, 4.69) is 0 Å². The van der Waals surface area contributed by atoms with E-state index in [-0.39, 0.29) is 11.8 Å². The first kappa shape index (κ1) is 22.7. The second-order valence-electron chi connectivity index (χ2n) is 8.38. The molecule has 6 nitrogen and oxygen atoms in total. The van der Waals surface area contributed by atoms with Crippen LogP contribution >= 0.6 is 0 Å². The summed E-state index contributed by atoms with van der Waals surface area (Å²) in [5, 5.41) is 0. The van der Waals surface area contributed by atoms with Gasteiger partial charge in [-0.3, -0.25) is 9.59 Å². The maximum atomic E-state index is 13.1. The van der Waals surface area contributed by atoms with Crippen molar-refractivity contribution in [2.75, 3.05) is 40.4 Å². The van der Waals surface area contributed by atoms with Crippen molar-refractivity contribution in [3.63, 3.8) is 0 Å². The molecule has 0 aromatic heterocycles.